The van der Waals surface area contributed by atoms with Crippen LogP contribution >= 0.6 is 0 Å². The van der Waals surface area contributed by atoms with Crippen LogP contribution in [0.3, 0.4) is 0 Å². The lowest BCUT2D eigenvalue weighted by Gasteiger charge is -2.27. The largest absolute Gasteiger partial charge is 0.480 e. The first-order chi connectivity index (χ1) is 12.0. The second-order valence-corrected chi connectivity index (χ2v) is 5.81. The van der Waals surface area contributed by atoms with Gasteiger partial charge in [-0.1, -0.05) is 0 Å². The van der Waals surface area contributed by atoms with E-state index in [1.165, 1.54) is 39.8 Å². The lowest BCUT2D eigenvalue weighted by atomic mass is 10.0. The molecule has 0 bridgehead atoms. The second-order valence-electron chi connectivity index (χ2n) is 5.81. The quantitative estimate of drug-likeness (QED) is 0.727. The highest BCUT2D eigenvalue weighted by atomic mass is 19.3. The summed E-state index contributed by atoms with van der Waals surface area (Å²) in [6, 6.07) is 1.61. The minimum absolute atomic E-state index is 0.0146. The number of rotatable bonds is 8. The molecule has 1 aromatic rings. The predicted octanol–water partition coefficient (Wildman–Crippen LogP) is 1.96. The van der Waals surface area contributed by atoms with E-state index in [9.17, 15) is 28.3 Å². The maximum Gasteiger partial charge on any atom is 0.387 e. The lowest BCUT2D eigenvalue weighted by Crippen LogP contribution is -2.46. The number of aryl methyl sites for hydroxylation is 2. The molecular formula is C17H22F2N2O5. The van der Waals surface area contributed by atoms with Gasteiger partial charge in [-0.25, -0.2) is 4.79 Å². The molecule has 1 unspecified atom stereocenters. The van der Waals surface area contributed by atoms with Gasteiger partial charge in [0.1, 0.15) is 11.8 Å². The minimum atomic E-state index is -2.99. The van der Waals surface area contributed by atoms with E-state index in [2.05, 4.69) is 10.1 Å². The molecule has 0 aliphatic rings. The maximum absolute atomic E-state index is 12.8. The number of nitrogens with zero attached hydrogens (tertiary/aromatic N) is 1. The smallest absolute Gasteiger partial charge is 0.387 e. The monoisotopic (exact) mass is 372 g/mol. The number of alkyl halides is 2. The van der Waals surface area contributed by atoms with Gasteiger partial charge in [0.25, 0.3) is 5.91 Å². The number of benzene rings is 1. The van der Waals surface area contributed by atoms with Crippen LogP contribution in [0.15, 0.2) is 12.1 Å². The maximum atomic E-state index is 12.8. The highest BCUT2D eigenvalue weighted by molar-refractivity contribution is 5.97. The average molecular weight is 372 g/mol. The van der Waals surface area contributed by atoms with Crippen molar-refractivity contribution in [2.45, 2.75) is 40.3 Å². The third kappa shape index (κ3) is 5.68. The molecule has 7 nitrogen and oxygen atoms in total. The molecule has 0 fully saturated rings. The Balaban J connectivity index is 3.13. The third-order valence-corrected chi connectivity index (χ3v) is 3.73. The van der Waals surface area contributed by atoms with E-state index in [1.807, 2.05) is 0 Å². The Bertz CT molecular complexity index is 671. The number of aliphatic carboxylic acids is 1. The molecule has 0 aliphatic carbocycles. The molecule has 1 atom stereocenters. The second kappa shape index (κ2) is 9.12. The molecular weight excluding hydrogens is 350 g/mol. The minimum Gasteiger partial charge on any atom is -0.480 e. The molecule has 0 heterocycles. The van der Waals surface area contributed by atoms with Crippen molar-refractivity contribution in [3.8, 4) is 5.75 Å². The van der Waals surface area contributed by atoms with Gasteiger partial charge in [-0.3, -0.25) is 9.59 Å². The number of amides is 2. The summed E-state index contributed by atoms with van der Waals surface area (Å²) < 4.78 is 29.4. The molecule has 0 aliphatic heterocycles. The van der Waals surface area contributed by atoms with Gasteiger partial charge >= 0.3 is 12.6 Å². The van der Waals surface area contributed by atoms with Gasteiger partial charge in [0.05, 0.1) is 0 Å². The number of carbonyl (C=O) groups is 3. The van der Waals surface area contributed by atoms with Crippen molar-refractivity contribution in [2.75, 3.05) is 13.1 Å². The summed E-state index contributed by atoms with van der Waals surface area (Å²) in [6.45, 7) is 2.77. The van der Waals surface area contributed by atoms with E-state index in [0.29, 0.717) is 11.1 Å². The van der Waals surface area contributed by atoms with Gasteiger partial charge in [0.15, 0.2) is 0 Å². The standard InChI is InChI=1S/C17H22F2N2O5/c1-9-7-13(8-10(2)14(9)26-17(18)19)15(23)21(11(3)16(24)25)6-5-20-12(4)22/h7-8,11,17H,5-6H2,1-4H3,(H,20,22)(H,24,25). The van der Waals surface area contributed by atoms with E-state index in [0.717, 1.165) is 4.90 Å². The van der Waals surface area contributed by atoms with Crippen LogP contribution in [0.2, 0.25) is 0 Å². The molecule has 0 spiro atoms. The molecule has 0 aromatic heterocycles. The number of carbonyl (C=O) groups excluding carboxylic acids is 2. The van der Waals surface area contributed by atoms with Crippen molar-refractivity contribution in [1.82, 2.24) is 10.2 Å². The van der Waals surface area contributed by atoms with Crippen molar-refractivity contribution in [1.29, 1.82) is 0 Å². The number of carboxylic acids is 1. The Hall–Kier alpha value is -2.71. The zero-order valence-corrected chi connectivity index (χ0v) is 15.0. The predicted molar refractivity (Wildman–Crippen MR) is 89.4 cm³/mol. The molecule has 0 saturated carbocycles. The van der Waals surface area contributed by atoms with Crippen LogP contribution in [-0.2, 0) is 9.59 Å². The van der Waals surface area contributed by atoms with Crippen molar-refractivity contribution in [2.24, 2.45) is 0 Å². The molecule has 2 N–H and O–H groups in total. The van der Waals surface area contributed by atoms with Gasteiger partial charge in [-0.05, 0) is 44.0 Å². The highest BCUT2D eigenvalue weighted by Gasteiger charge is 2.27. The van der Waals surface area contributed by atoms with E-state index in [1.54, 1.807) is 0 Å². The fourth-order valence-electron chi connectivity index (χ4n) is 2.47. The van der Waals surface area contributed by atoms with Crippen LogP contribution in [0.25, 0.3) is 0 Å². The van der Waals surface area contributed by atoms with Crippen LogP contribution < -0.4 is 10.1 Å². The average Bonchev–Trinajstić information content (AvgIpc) is 2.53. The Labute approximate surface area is 149 Å². The Morgan fingerprint density at radius 2 is 1.77 bits per heavy atom. The van der Waals surface area contributed by atoms with Crippen molar-refractivity contribution >= 4 is 17.8 Å². The van der Waals surface area contributed by atoms with Crippen molar-refractivity contribution in [3.05, 3.63) is 28.8 Å². The first-order valence-electron chi connectivity index (χ1n) is 7.88. The van der Waals surface area contributed by atoms with Crippen molar-refractivity contribution < 1.29 is 33.0 Å². The number of hydrogen-bond donors (Lipinski definition) is 2. The number of carboxylic acid groups (broad SMARTS) is 1. The topological polar surface area (TPSA) is 95.9 Å². The van der Waals surface area contributed by atoms with Crippen LogP contribution in [0.5, 0.6) is 5.75 Å². The molecule has 26 heavy (non-hydrogen) atoms. The third-order valence-electron chi connectivity index (χ3n) is 3.73. The van der Waals surface area contributed by atoms with Crippen molar-refractivity contribution in [3.63, 3.8) is 0 Å². The summed E-state index contributed by atoms with van der Waals surface area (Å²) in [5, 5.41) is 11.7. The normalized spacial score (nSPS) is 11.8. The van der Waals surface area contributed by atoms with Gasteiger partial charge < -0.3 is 20.1 Å². The number of halogens is 2. The molecule has 2 amide bonds. The van der Waals surface area contributed by atoms with E-state index in [4.69, 9.17) is 0 Å². The molecule has 1 rings (SSSR count). The van der Waals surface area contributed by atoms with E-state index >= 15 is 0 Å². The van der Waals surface area contributed by atoms with Crippen LogP contribution in [0.1, 0.15) is 35.3 Å². The molecule has 9 heteroatoms. The lowest BCUT2D eigenvalue weighted by molar-refractivity contribution is -0.141. The molecule has 144 valence electrons. The van der Waals surface area contributed by atoms with Crippen LogP contribution in [0, 0.1) is 13.8 Å². The number of nitrogens with one attached hydrogen (secondary N) is 1. The van der Waals surface area contributed by atoms with E-state index in [-0.39, 0.29) is 30.3 Å². The van der Waals surface area contributed by atoms with E-state index < -0.39 is 24.5 Å². The van der Waals surface area contributed by atoms with Gasteiger partial charge in [-0.15, -0.1) is 0 Å². The van der Waals surface area contributed by atoms with Gasteiger partial charge in [-0.2, -0.15) is 8.78 Å². The Morgan fingerprint density at radius 3 is 2.19 bits per heavy atom. The molecule has 0 saturated heterocycles. The zero-order valence-electron chi connectivity index (χ0n) is 15.0. The summed E-state index contributed by atoms with van der Waals surface area (Å²) in [5.74, 6) is -2.11. The summed E-state index contributed by atoms with van der Waals surface area (Å²) in [5.41, 5.74) is 0.814. The highest BCUT2D eigenvalue weighted by Crippen LogP contribution is 2.27. The van der Waals surface area contributed by atoms with Gasteiger partial charge in [0.2, 0.25) is 5.91 Å². The fraction of sp³-hybridized carbons (Fsp3) is 0.471. The zero-order chi connectivity index (χ0) is 20.0. The Morgan fingerprint density at radius 1 is 1.23 bits per heavy atom. The first kappa shape index (κ1) is 21.3. The number of ether oxygens (including phenoxy) is 1. The summed E-state index contributed by atoms with van der Waals surface area (Å²) in [4.78, 5) is 36.1. The van der Waals surface area contributed by atoms with Crippen LogP contribution in [-0.4, -0.2) is 53.5 Å². The molecule has 1 aromatic carbocycles. The summed E-state index contributed by atoms with van der Waals surface area (Å²) in [7, 11) is 0. The first-order valence-corrected chi connectivity index (χ1v) is 7.88. The summed E-state index contributed by atoms with van der Waals surface area (Å²) in [6.07, 6.45) is 0. The summed E-state index contributed by atoms with van der Waals surface area (Å²) >= 11 is 0. The van der Waals surface area contributed by atoms with Gasteiger partial charge in [0, 0.05) is 25.6 Å². The molecule has 0 radical (unpaired) electrons. The number of hydrogen-bond acceptors (Lipinski definition) is 4. The SMILES string of the molecule is CC(=O)NCCN(C(=O)c1cc(C)c(OC(F)F)c(C)c1)C(C)C(=O)O. The fourth-order valence-corrected chi connectivity index (χ4v) is 2.47. The Kier molecular flexibility index (Phi) is 7.48. The van der Waals surface area contributed by atoms with Crippen LogP contribution in [0.4, 0.5) is 8.78 Å².